The maximum absolute atomic E-state index is 5.40. The van der Waals surface area contributed by atoms with Gasteiger partial charge in [-0.2, -0.15) is 0 Å². The van der Waals surface area contributed by atoms with Crippen LogP contribution in [0.4, 0.5) is 0 Å². The molecule has 0 aliphatic rings. The van der Waals surface area contributed by atoms with Crippen molar-refractivity contribution in [1.82, 2.24) is 0 Å². The van der Waals surface area contributed by atoms with Crippen molar-refractivity contribution in [3.05, 3.63) is 28.8 Å². The molecule has 0 aliphatic carbocycles. The topological polar surface area (TPSA) is 9.23 Å². The third-order valence-corrected chi connectivity index (χ3v) is 3.17. The largest absolute Gasteiger partial charge is 0.496 e. The monoisotopic (exact) mass is 270 g/mol. The summed E-state index contributed by atoms with van der Waals surface area (Å²) in [5, 5.41) is 0.834. The van der Waals surface area contributed by atoms with E-state index in [1.165, 1.54) is 16.7 Å². The number of benzene rings is 1. The molecule has 0 heterocycles. The van der Waals surface area contributed by atoms with Gasteiger partial charge < -0.3 is 4.74 Å². The quantitative estimate of drug-likeness (QED) is 0.733. The van der Waals surface area contributed by atoms with Crippen LogP contribution in [0.1, 0.15) is 37.5 Å². The molecular formula is C13H19BrO. The van der Waals surface area contributed by atoms with Gasteiger partial charge in [-0.3, -0.25) is 0 Å². The Bertz CT molecular complexity index is 350. The predicted molar refractivity (Wildman–Crippen MR) is 69.1 cm³/mol. The minimum Gasteiger partial charge on any atom is -0.496 e. The number of methoxy groups -OCH3 is 1. The van der Waals surface area contributed by atoms with Gasteiger partial charge in [-0.1, -0.05) is 48.8 Å². The van der Waals surface area contributed by atoms with Crippen LogP contribution in [-0.2, 0) is 10.7 Å². The number of ether oxygens (including phenoxy) is 1. The molecule has 1 aromatic rings. The number of hydrogen-bond donors (Lipinski definition) is 0. The van der Waals surface area contributed by atoms with E-state index >= 15 is 0 Å². The molecule has 0 aromatic heterocycles. The van der Waals surface area contributed by atoms with E-state index in [0.717, 1.165) is 11.1 Å². The van der Waals surface area contributed by atoms with Gasteiger partial charge in [-0.05, 0) is 23.5 Å². The molecule has 1 aromatic carbocycles. The van der Waals surface area contributed by atoms with Crippen LogP contribution >= 0.6 is 15.9 Å². The van der Waals surface area contributed by atoms with Crippen molar-refractivity contribution in [2.75, 3.05) is 7.11 Å². The summed E-state index contributed by atoms with van der Waals surface area (Å²) >= 11 is 3.50. The summed E-state index contributed by atoms with van der Waals surface area (Å²) in [5.74, 6) is 1.000. The van der Waals surface area contributed by atoms with Gasteiger partial charge in [0.15, 0.2) is 0 Å². The van der Waals surface area contributed by atoms with Gasteiger partial charge >= 0.3 is 0 Å². The first-order valence-corrected chi connectivity index (χ1v) is 6.26. The van der Waals surface area contributed by atoms with Crippen LogP contribution in [0.15, 0.2) is 12.1 Å². The van der Waals surface area contributed by atoms with Crippen molar-refractivity contribution >= 4 is 15.9 Å². The second kappa shape index (κ2) is 4.56. The number of alkyl halides is 1. The summed E-state index contributed by atoms with van der Waals surface area (Å²) in [5.41, 5.74) is 3.98. The van der Waals surface area contributed by atoms with Gasteiger partial charge in [0.25, 0.3) is 0 Å². The molecule has 0 spiro atoms. The van der Waals surface area contributed by atoms with E-state index in [-0.39, 0.29) is 5.41 Å². The second-order valence-corrected chi connectivity index (χ2v) is 5.43. The minimum absolute atomic E-state index is 0.188. The Kier molecular flexibility index (Phi) is 3.82. The molecule has 1 nitrogen and oxygen atoms in total. The number of halogens is 1. The summed E-state index contributed by atoms with van der Waals surface area (Å²) < 4.78 is 5.40. The average molecular weight is 271 g/mol. The summed E-state index contributed by atoms with van der Waals surface area (Å²) in [6, 6.07) is 4.44. The maximum atomic E-state index is 5.40. The lowest BCUT2D eigenvalue weighted by Crippen LogP contribution is -2.12. The highest BCUT2D eigenvalue weighted by Crippen LogP contribution is 2.32. The molecule has 0 unspecified atom stereocenters. The molecule has 0 radical (unpaired) electrons. The summed E-state index contributed by atoms with van der Waals surface area (Å²) in [6.45, 7) is 8.78. The van der Waals surface area contributed by atoms with Crippen LogP contribution in [-0.4, -0.2) is 7.11 Å². The van der Waals surface area contributed by atoms with Crippen molar-refractivity contribution in [3.8, 4) is 5.75 Å². The number of hydrogen-bond acceptors (Lipinski definition) is 1. The third-order valence-electron chi connectivity index (χ3n) is 2.57. The molecule has 84 valence electrons. The summed E-state index contributed by atoms with van der Waals surface area (Å²) in [6.07, 6.45) is 0. The molecule has 1 rings (SSSR count). The van der Waals surface area contributed by atoms with Gasteiger partial charge in [0.05, 0.1) is 7.11 Å². The van der Waals surface area contributed by atoms with Gasteiger partial charge in [0.2, 0.25) is 0 Å². The van der Waals surface area contributed by atoms with Crippen molar-refractivity contribution in [1.29, 1.82) is 0 Å². The predicted octanol–water partition coefficient (Wildman–Crippen LogP) is 4.20. The number of rotatable bonds is 2. The molecule has 2 heteroatoms. The Labute approximate surface area is 101 Å². The zero-order valence-electron chi connectivity index (χ0n) is 10.1. The Balaban J connectivity index is 3.32. The zero-order valence-corrected chi connectivity index (χ0v) is 11.7. The minimum atomic E-state index is 0.188. The van der Waals surface area contributed by atoms with E-state index in [0.29, 0.717) is 0 Å². The first-order chi connectivity index (χ1) is 6.90. The molecule has 15 heavy (non-hydrogen) atoms. The molecule has 0 fully saturated rings. The van der Waals surface area contributed by atoms with Crippen molar-refractivity contribution in [3.63, 3.8) is 0 Å². The summed E-state index contributed by atoms with van der Waals surface area (Å²) in [4.78, 5) is 0. The molecule has 0 saturated heterocycles. The van der Waals surface area contributed by atoms with E-state index in [9.17, 15) is 0 Å². The molecule has 0 aliphatic heterocycles. The standard InChI is InChI=1S/C13H19BrO/c1-9-6-11(13(2,3)4)7-10(8-14)12(9)15-5/h6-7H,8H2,1-5H3. The van der Waals surface area contributed by atoms with Gasteiger partial charge in [-0.15, -0.1) is 0 Å². The molecule has 0 atom stereocenters. The Morgan fingerprint density at radius 3 is 2.27 bits per heavy atom. The maximum Gasteiger partial charge on any atom is 0.125 e. The fourth-order valence-electron chi connectivity index (χ4n) is 1.67. The third kappa shape index (κ3) is 2.75. The van der Waals surface area contributed by atoms with Crippen LogP contribution in [0.3, 0.4) is 0 Å². The smallest absolute Gasteiger partial charge is 0.125 e. The number of aryl methyl sites for hydroxylation is 1. The first-order valence-electron chi connectivity index (χ1n) is 5.14. The molecule has 0 amide bonds. The van der Waals surface area contributed by atoms with E-state index in [1.54, 1.807) is 7.11 Å². The SMILES string of the molecule is COc1c(C)cc(C(C)(C)C)cc1CBr. The molecular weight excluding hydrogens is 252 g/mol. The molecule has 0 saturated carbocycles. The highest BCUT2D eigenvalue weighted by atomic mass is 79.9. The van der Waals surface area contributed by atoms with Crippen LogP contribution in [0.2, 0.25) is 0 Å². The zero-order chi connectivity index (χ0) is 11.6. The second-order valence-electron chi connectivity index (χ2n) is 4.87. The molecule has 0 bridgehead atoms. The Morgan fingerprint density at radius 1 is 1.27 bits per heavy atom. The van der Waals surface area contributed by atoms with Gasteiger partial charge in [-0.25, -0.2) is 0 Å². The normalized spacial score (nSPS) is 11.6. The lowest BCUT2D eigenvalue weighted by atomic mass is 9.85. The lowest BCUT2D eigenvalue weighted by molar-refractivity contribution is 0.407. The van der Waals surface area contributed by atoms with Gasteiger partial charge in [0.1, 0.15) is 5.75 Å². The Hall–Kier alpha value is -0.500. The summed E-state index contributed by atoms with van der Waals surface area (Å²) in [7, 11) is 1.73. The van der Waals surface area contributed by atoms with E-state index < -0.39 is 0 Å². The van der Waals surface area contributed by atoms with Gasteiger partial charge in [0, 0.05) is 10.9 Å². The van der Waals surface area contributed by atoms with E-state index in [1.807, 2.05) is 0 Å². The lowest BCUT2D eigenvalue weighted by Gasteiger charge is -2.22. The van der Waals surface area contributed by atoms with Crippen molar-refractivity contribution in [2.45, 2.75) is 38.4 Å². The fraction of sp³-hybridized carbons (Fsp3) is 0.538. The highest BCUT2D eigenvalue weighted by Gasteiger charge is 2.17. The molecule has 0 N–H and O–H groups in total. The van der Waals surface area contributed by atoms with E-state index in [2.05, 4.69) is 55.8 Å². The highest BCUT2D eigenvalue weighted by molar-refractivity contribution is 9.08. The first kappa shape index (κ1) is 12.6. The Morgan fingerprint density at radius 2 is 1.87 bits per heavy atom. The van der Waals surface area contributed by atoms with Crippen molar-refractivity contribution < 1.29 is 4.74 Å². The van der Waals surface area contributed by atoms with Crippen LogP contribution in [0.25, 0.3) is 0 Å². The van der Waals surface area contributed by atoms with Crippen LogP contribution < -0.4 is 4.74 Å². The van der Waals surface area contributed by atoms with Crippen LogP contribution in [0.5, 0.6) is 5.75 Å². The average Bonchev–Trinajstić information content (AvgIpc) is 2.15. The van der Waals surface area contributed by atoms with Crippen LogP contribution in [0, 0.1) is 6.92 Å². The fourth-order valence-corrected chi connectivity index (χ4v) is 2.09. The van der Waals surface area contributed by atoms with Crippen molar-refractivity contribution in [2.24, 2.45) is 0 Å². The van der Waals surface area contributed by atoms with E-state index in [4.69, 9.17) is 4.74 Å².